The first-order valence-corrected chi connectivity index (χ1v) is 5.95. The molecule has 1 aromatic heterocycles. The van der Waals surface area contributed by atoms with Gasteiger partial charge in [-0.1, -0.05) is 11.8 Å². The van der Waals surface area contributed by atoms with E-state index in [0.29, 0.717) is 5.56 Å². The molecule has 106 valence electrons. The molecule has 0 atom stereocenters. The van der Waals surface area contributed by atoms with Gasteiger partial charge in [-0.25, -0.2) is 9.49 Å². The third-order valence-corrected chi connectivity index (χ3v) is 2.47. The van der Waals surface area contributed by atoms with E-state index in [-0.39, 0.29) is 17.9 Å². The van der Waals surface area contributed by atoms with Crippen LogP contribution in [0.1, 0.15) is 15.9 Å². The number of aromatic nitrogens is 2. The highest BCUT2D eigenvalue weighted by Gasteiger charge is 2.12. The Kier molecular flexibility index (Phi) is 4.43. The van der Waals surface area contributed by atoms with Crippen molar-refractivity contribution in [3.05, 3.63) is 57.6 Å². The fraction of sp³-hybridized carbons (Fsp3) is 0.0714. The van der Waals surface area contributed by atoms with Crippen LogP contribution in [0, 0.1) is 17.7 Å². The van der Waals surface area contributed by atoms with Crippen LogP contribution in [0.5, 0.6) is 0 Å². The van der Waals surface area contributed by atoms with E-state index in [4.69, 9.17) is 5.73 Å². The van der Waals surface area contributed by atoms with E-state index >= 15 is 0 Å². The molecule has 2 rings (SSSR count). The summed E-state index contributed by atoms with van der Waals surface area (Å²) in [6.45, 7) is 0.125. The lowest BCUT2D eigenvalue weighted by molar-refractivity contribution is 0.102. The predicted molar refractivity (Wildman–Crippen MR) is 75.1 cm³/mol. The molecule has 0 aliphatic rings. The second kappa shape index (κ2) is 6.45. The zero-order valence-electron chi connectivity index (χ0n) is 10.8. The van der Waals surface area contributed by atoms with Crippen molar-refractivity contribution in [3.8, 4) is 11.8 Å². The van der Waals surface area contributed by atoms with Crippen LogP contribution < -0.4 is 16.6 Å². The number of hydrogen-bond donors (Lipinski definition) is 3. The number of rotatable bonds is 2. The van der Waals surface area contributed by atoms with E-state index in [1.165, 1.54) is 24.3 Å². The molecule has 1 heterocycles. The minimum Gasteiger partial charge on any atom is -0.320 e. The van der Waals surface area contributed by atoms with Crippen molar-refractivity contribution >= 4 is 11.7 Å². The lowest BCUT2D eigenvalue weighted by atomic mass is 10.1. The number of carbonyl (C=O) groups is 1. The maximum absolute atomic E-state index is 13.3. The number of nitrogens with one attached hydrogen (secondary N) is 2. The Balaban J connectivity index is 2.31. The van der Waals surface area contributed by atoms with E-state index in [2.05, 4.69) is 27.4 Å². The average molecular weight is 286 g/mol. The topological polar surface area (TPSA) is 101 Å². The van der Waals surface area contributed by atoms with Crippen molar-refractivity contribution in [1.82, 2.24) is 10.2 Å². The van der Waals surface area contributed by atoms with Gasteiger partial charge in [0.2, 0.25) is 0 Å². The third kappa shape index (κ3) is 3.75. The maximum atomic E-state index is 13.3. The first-order chi connectivity index (χ1) is 10.1. The second-order valence-corrected chi connectivity index (χ2v) is 3.96. The molecule has 1 aromatic carbocycles. The molecule has 0 radical (unpaired) electrons. The highest BCUT2D eigenvalue weighted by Crippen LogP contribution is 2.12. The second-order valence-electron chi connectivity index (χ2n) is 3.96. The van der Waals surface area contributed by atoms with Crippen molar-refractivity contribution in [2.75, 3.05) is 11.9 Å². The van der Waals surface area contributed by atoms with Crippen molar-refractivity contribution in [3.63, 3.8) is 0 Å². The number of hydrogen-bond acceptors (Lipinski definition) is 4. The number of benzene rings is 1. The van der Waals surface area contributed by atoms with Crippen LogP contribution in [-0.2, 0) is 0 Å². The third-order valence-electron chi connectivity index (χ3n) is 2.47. The van der Waals surface area contributed by atoms with Crippen molar-refractivity contribution < 1.29 is 9.18 Å². The standard InChI is InChI=1S/C14H11FN4O2/c15-10-4-3-9(2-1-7-16)11(8-10)14(21)17-12-5-6-13(20)19-18-12/h3-6,8H,7,16H2,(H,19,20)(H,17,18,21). The summed E-state index contributed by atoms with van der Waals surface area (Å²) in [5.41, 5.74) is 5.29. The number of nitrogens with zero attached hydrogens (tertiary/aromatic N) is 1. The fourth-order valence-electron chi connectivity index (χ4n) is 1.56. The fourth-order valence-corrected chi connectivity index (χ4v) is 1.56. The molecular formula is C14H11FN4O2. The molecule has 0 aliphatic carbocycles. The van der Waals surface area contributed by atoms with Crippen LogP contribution in [0.25, 0.3) is 0 Å². The summed E-state index contributed by atoms with van der Waals surface area (Å²) in [5.74, 6) is 4.29. The molecule has 0 spiro atoms. The molecule has 1 amide bonds. The van der Waals surface area contributed by atoms with E-state index in [0.717, 1.165) is 6.07 Å². The smallest absolute Gasteiger partial charge is 0.264 e. The highest BCUT2D eigenvalue weighted by molar-refractivity contribution is 6.05. The summed E-state index contributed by atoms with van der Waals surface area (Å²) in [6, 6.07) is 6.22. The first-order valence-electron chi connectivity index (χ1n) is 5.95. The van der Waals surface area contributed by atoms with Gasteiger partial charge in [0.15, 0.2) is 5.82 Å². The summed E-state index contributed by atoms with van der Waals surface area (Å²) >= 11 is 0. The van der Waals surface area contributed by atoms with Gasteiger partial charge in [-0.3, -0.25) is 9.59 Å². The quantitative estimate of drug-likeness (QED) is 0.699. The molecule has 7 heteroatoms. The van der Waals surface area contributed by atoms with E-state index in [9.17, 15) is 14.0 Å². The zero-order valence-corrected chi connectivity index (χ0v) is 10.8. The van der Waals surface area contributed by atoms with Crippen LogP contribution >= 0.6 is 0 Å². The van der Waals surface area contributed by atoms with Gasteiger partial charge < -0.3 is 11.1 Å². The highest BCUT2D eigenvalue weighted by atomic mass is 19.1. The SMILES string of the molecule is NCC#Cc1ccc(F)cc1C(=O)Nc1ccc(=O)[nH]n1. The zero-order chi connectivity index (χ0) is 15.2. The van der Waals surface area contributed by atoms with E-state index in [1.807, 2.05) is 0 Å². The minimum absolute atomic E-state index is 0.0592. The van der Waals surface area contributed by atoms with E-state index < -0.39 is 17.3 Å². The molecule has 2 aromatic rings. The number of H-pyrrole nitrogens is 1. The van der Waals surface area contributed by atoms with Gasteiger partial charge in [-0.05, 0) is 24.3 Å². The first kappa shape index (κ1) is 14.4. The molecule has 4 N–H and O–H groups in total. The Morgan fingerprint density at radius 1 is 1.38 bits per heavy atom. The van der Waals surface area contributed by atoms with Gasteiger partial charge in [0.25, 0.3) is 11.5 Å². The summed E-state index contributed by atoms with van der Waals surface area (Å²) in [5, 5.41) is 8.26. The Hall–Kier alpha value is -2.98. The molecule has 0 fully saturated rings. The molecular weight excluding hydrogens is 275 g/mol. The normalized spacial score (nSPS) is 9.62. The van der Waals surface area contributed by atoms with Crippen LogP contribution in [0.15, 0.2) is 35.1 Å². The van der Waals surface area contributed by atoms with Gasteiger partial charge >= 0.3 is 0 Å². The molecule has 0 unspecified atom stereocenters. The molecule has 6 nitrogen and oxygen atoms in total. The van der Waals surface area contributed by atoms with Gasteiger partial charge in [0, 0.05) is 11.6 Å². The van der Waals surface area contributed by atoms with Crippen LogP contribution in [0.3, 0.4) is 0 Å². The number of aromatic amines is 1. The number of anilines is 1. The molecule has 0 saturated heterocycles. The Labute approximate surface area is 119 Å². The van der Waals surface area contributed by atoms with Gasteiger partial charge in [0.1, 0.15) is 5.82 Å². The maximum Gasteiger partial charge on any atom is 0.264 e. The molecule has 0 bridgehead atoms. The number of amides is 1. The average Bonchev–Trinajstić information content (AvgIpc) is 2.48. The van der Waals surface area contributed by atoms with Gasteiger partial charge in [-0.15, -0.1) is 0 Å². The minimum atomic E-state index is -0.588. The Morgan fingerprint density at radius 3 is 2.86 bits per heavy atom. The lowest BCUT2D eigenvalue weighted by Gasteiger charge is -2.06. The number of nitrogens with two attached hydrogens (primary N) is 1. The van der Waals surface area contributed by atoms with Crippen molar-refractivity contribution in [1.29, 1.82) is 0 Å². The summed E-state index contributed by atoms with van der Waals surface area (Å²) in [7, 11) is 0. The molecule has 21 heavy (non-hydrogen) atoms. The van der Waals surface area contributed by atoms with Crippen molar-refractivity contribution in [2.45, 2.75) is 0 Å². The van der Waals surface area contributed by atoms with Crippen LogP contribution in [0.2, 0.25) is 0 Å². The summed E-state index contributed by atoms with van der Waals surface area (Å²) in [4.78, 5) is 23.0. The Morgan fingerprint density at radius 2 is 2.19 bits per heavy atom. The lowest BCUT2D eigenvalue weighted by Crippen LogP contribution is -2.17. The molecule has 0 aliphatic heterocycles. The monoisotopic (exact) mass is 286 g/mol. The van der Waals surface area contributed by atoms with Crippen LogP contribution in [-0.4, -0.2) is 22.6 Å². The van der Waals surface area contributed by atoms with Gasteiger partial charge in [0.05, 0.1) is 12.1 Å². The number of halogens is 1. The Bertz CT molecular complexity index is 769. The molecule has 0 saturated carbocycles. The summed E-state index contributed by atoms with van der Waals surface area (Å²) in [6.07, 6.45) is 0. The van der Waals surface area contributed by atoms with Crippen LogP contribution in [0.4, 0.5) is 10.2 Å². The largest absolute Gasteiger partial charge is 0.320 e. The summed E-state index contributed by atoms with van der Waals surface area (Å²) < 4.78 is 13.3. The number of carbonyl (C=O) groups excluding carboxylic acids is 1. The van der Waals surface area contributed by atoms with E-state index in [1.54, 1.807) is 0 Å². The van der Waals surface area contributed by atoms with Gasteiger partial charge in [-0.2, -0.15) is 5.10 Å². The van der Waals surface area contributed by atoms with Crippen molar-refractivity contribution in [2.24, 2.45) is 5.73 Å². The predicted octanol–water partition coefficient (Wildman–Crippen LogP) is 0.471.